The Bertz CT molecular complexity index is 873. The zero-order chi connectivity index (χ0) is 16.7. The number of benzene rings is 2. The fraction of sp³-hybridized carbons (Fsp3) is 0.182. The van der Waals surface area contributed by atoms with E-state index < -0.39 is 0 Å². The van der Waals surface area contributed by atoms with Crippen LogP contribution in [0.15, 0.2) is 66.9 Å². The first-order chi connectivity index (χ1) is 11.6. The maximum Gasteiger partial charge on any atom is 0.0666 e. The minimum atomic E-state index is 0.260. The van der Waals surface area contributed by atoms with Crippen molar-refractivity contribution in [3.8, 4) is 0 Å². The van der Waals surface area contributed by atoms with Crippen LogP contribution in [0, 0.1) is 6.92 Å². The number of anilines is 2. The minimum absolute atomic E-state index is 0.260. The molecule has 2 nitrogen and oxygen atoms in total. The summed E-state index contributed by atoms with van der Waals surface area (Å²) in [6.07, 6.45) is 11.2. The fourth-order valence-corrected chi connectivity index (χ4v) is 3.50. The molecular weight excluding hydrogens is 292 g/mol. The third-order valence-electron chi connectivity index (χ3n) is 4.91. The molecule has 2 aliphatic heterocycles. The lowest BCUT2D eigenvalue weighted by molar-refractivity contribution is 0.886. The third kappa shape index (κ3) is 2.44. The number of hydrogen-bond acceptors (Lipinski definition) is 2. The summed E-state index contributed by atoms with van der Waals surface area (Å²) in [7, 11) is 4.27. The standard InChI is InChI=1S/C22H22N2/c1-16-8-11-21-18(14-16)9-10-19(24(21)3)15-17-12-13-23(2)22-7-5-4-6-20(17)22/h4-15,19H,1-3H3/b17-15+. The summed E-state index contributed by atoms with van der Waals surface area (Å²) >= 11 is 0. The number of fused-ring (bicyclic) bond motifs is 2. The van der Waals surface area contributed by atoms with Gasteiger partial charge in [-0.2, -0.15) is 0 Å². The van der Waals surface area contributed by atoms with Gasteiger partial charge in [-0.15, -0.1) is 0 Å². The van der Waals surface area contributed by atoms with Crippen molar-refractivity contribution in [3.63, 3.8) is 0 Å². The van der Waals surface area contributed by atoms with Crippen LogP contribution in [0.4, 0.5) is 11.4 Å². The summed E-state index contributed by atoms with van der Waals surface area (Å²) in [4.78, 5) is 4.52. The molecule has 0 bridgehead atoms. The average molecular weight is 314 g/mol. The topological polar surface area (TPSA) is 6.48 Å². The van der Waals surface area contributed by atoms with Crippen LogP contribution in [0.1, 0.15) is 16.7 Å². The van der Waals surface area contributed by atoms with Gasteiger partial charge in [0.25, 0.3) is 0 Å². The maximum atomic E-state index is 2.35. The van der Waals surface area contributed by atoms with Crippen molar-refractivity contribution in [2.24, 2.45) is 0 Å². The number of aryl methyl sites for hydroxylation is 1. The van der Waals surface area contributed by atoms with Crippen molar-refractivity contribution in [1.82, 2.24) is 0 Å². The van der Waals surface area contributed by atoms with E-state index in [0.717, 1.165) is 0 Å². The van der Waals surface area contributed by atoms with Crippen LogP contribution in [-0.2, 0) is 0 Å². The van der Waals surface area contributed by atoms with Gasteiger partial charge in [0.15, 0.2) is 0 Å². The molecule has 0 aliphatic carbocycles. The highest BCUT2D eigenvalue weighted by Gasteiger charge is 2.20. The molecule has 24 heavy (non-hydrogen) atoms. The number of nitrogens with zero attached hydrogens (tertiary/aromatic N) is 2. The maximum absolute atomic E-state index is 2.35. The van der Waals surface area contributed by atoms with Crippen LogP contribution in [0.3, 0.4) is 0 Å². The molecule has 0 radical (unpaired) electrons. The lowest BCUT2D eigenvalue weighted by Gasteiger charge is -2.32. The zero-order valence-corrected chi connectivity index (χ0v) is 14.4. The van der Waals surface area contributed by atoms with E-state index in [1.54, 1.807) is 0 Å². The van der Waals surface area contributed by atoms with Crippen LogP contribution in [0.2, 0.25) is 0 Å². The van der Waals surface area contributed by atoms with Gasteiger partial charge in [0.2, 0.25) is 0 Å². The third-order valence-corrected chi connectivity index (χ3v) is 4.91. The summed E-state index contributed by atoms with van der Waals surface area (Å²) in [6, 6.07) is 15.5. The van der Waals surface area contributed by atoms with E-state index in [2.05, 4.69) is 104 Å². The Kier molecular flexibility index (Phi) is 3.53. The van der Waals surface area contributed by atoms with Gasteiger partial charge < -0.3 is 9.80 Å². The Labute approximate surface area is 144 Å². The summed E-state index contributed by atoms with van der Waals surface area (Å²) in [5.41, 5.74) is 7.71. The lowest BCUT2D eigenvalue weighted by atomic mass is 9.95. The van der Waals surface area contributed by atoms with Gasteiger partial charge >= 0.3 is 0 Å². The Morgan fingerprint density at radius 2 is 1.79 bits per heavy atom. The van der Waals surface area contributed by atoms with Crippen molar-refractivity contribution in [1.29, 1.82) is 0 Å². The van der Waals surface area contributed by atoms with E-state index >= 15 is 0 Å². The highest BCUT2D eigenvalue weighted by Crippen LogP contribution is 2.34. The minimum Gasteiger partial charge on any atom is -0.364 e. The van der Waals surface area contributed by atoms with Gasteiger partial charge in [-0.3, -0.25) is 0 Å². The predicted octanol–water partition coefficient (Wildman–Crippen LogP) is 4.87. The molecule has 2 heterocycles. The Hall–Kier alpha value is -2.74. The number of rotatable bonds is 1. The molecule has 1 unspecified atom stereocenters. The first-order valence-electron chi connectivity index (χ1n) is 8.37. The van der Waals surface area contributed by atoms with Gasteiger partial charge in [0.1, 0.15) is 0 Å². The van der Waals surface area contributed by atoms with E-state index in [9.17, 15) is 0 Å². The quantitative estimate of drug-likeness (QED) is 0.740. The van der Waals surface area contributed by atoms with E-state index in [-0.39, 0.29) is 6.04 Å². The van der Waals surface area contributed by atoms with E-state index in [1.165, 1.54) is 33.6 Å². The van der Waals surface area contributed by atoms with Gasteiger partial charge in [-0.05, 0) is 42.3 Å². The molecule has 0 N–H and O–H groups in total. The molecule has 0 amide bonds. The van der Waals surface area contributed by atoms with Crippen LogP contribution < -0.4 is 9.80 Å². The van der Waals surface area contributed by atoms with Gasteiger partial charge in [0.05, 0.1) is 6.04 Å². The molecule has 120 valence electrons. The van der Waals surface area contributed by atoms with Crippen molar-refractivity contribution >= 4 is 23.0 Å². The average Bonchev–Trinajstić information content (AvgIpc) is 2.60. The second-order valence-corrected chi connectivity index (χ2v) is 6.59. The highest BCUT2D eigenvalue weighted by atomic mass is 15.1. The zero-order valence-electron chi connectivity index (χ0n) is 14.4. The molecule has 0 saturated carbocycles. The summed E-state index contributed by atoms with van der Waals surface area (Å²) in [5.74, 6) is 0. The normalized spacial score (nSPS) is 20.3. The molecule has 2 aromatic rings. The van der Waals surface area contributed by atoms with Gasteiger partial charge in [-0.25, -0.2) is 0 Å². The smallest absolute Gasteiger partial charge is 0.0666 e. The number of para-hydroxylation sites is 1. The van der Waals surface area contributed by atoms with E-state index in [4.69, 9.17) is 0 Å². The fourth-order valence-electron chi connectivity index (χ4n) is 3.50. The molecule has 0 fully saturated rings. The summed E-state index contributed by atoms with van der Waals surface area (Å²) in [6.45, 7) is 2.14. The van der Waals surface area contributed by atoms with Crippen molar-refractivity contribution in [2.75, 3.05) is 23.9 Å². The Balaban J connectivity index is 1.73. The molecule has 2 heteroatoms. The van der Waals surface area contributed by atoms with E-state index in [0.29, 0.717) is 0 Å². The SMILES string of the molecule is Cc1ccc2c(c1)C=CC(/C=C1\C=CN(C)c3ccccc31)N2C. The first-order valence-corrected chi connectivity index (χ1v) is 8.37. The van der Waals surface area contributed by atoms with Gasteiger partial charge in [0, 0.05) is 37.2 Å². The molecular formula is C22H22N2. The number of hydrogen-bond donors (Lipinski definition) is 0. The van der Waals surface area contributed by atoms with Crippen molar-refractivity contribution in [3.05, 3.63) is 83.6 Å². The molecule has 4 rings (SSSR count). The van der Waals surface area contributed by atoms with Crippen molar-refractivity contribution < 1.29 is 0 Å². The molecule has 2 aromatic carbocycles. The van der Waals surface area contributed by atoms with Crippen LogP contribution >= 0.6 is 0 Å². The molecule has 1 atom stereocenters. The first kappa shape index (κ1) is 14.8. The lowest BCUT2D eigenvalue weighted by Crippen LogP contribution is -2.31. The number of likely N-dealkylation sites (N-methyl/N-ethyl adjacent to an activating group) is 1. The Morgan fingerprint density at radius 1 is 0.958 bits per heavy atom. The largest absolute Gasteiger partial charge is 0.364 e. The molecule has 0 saturated heterocycles. The summed E-state index contributed by atoms with van der Waals surface area (Å²) < 4.78 is 0. The molecule has 0 spiro atoms. The van der Waals surface area contributed by atoms with E-state index in [1.807, 2.05) is 0 Å². The Morgan fingerprint density at radius 3 is 2.67 bits per heavy atom. The van der Waals surface area contributed by atoms with Gasteiger partial charge in [-0.1, -0.05) is 48.1 Å². The van der Waals surface area contributed by atoms with Crippen LogP contribution in [0.5, 0.6) is 0 Å². The monoisotopic (exact) mass is 314 g/mol. The second-order valence-electron chi connectivity index (χ2n) is 6.59. The van der Waals surface area contributed by atoms with Crippen LogP contribution in [0.25, 0.3) is 11.6 Å². The summed E-state index contributed by atoms with van der Waals surface area (Å²) in [5, 5.41) is 0. The predicted molar refractivity (Wildman–Crippen MR) is 104 cm³/mol. The number of allylic oxidation sites excluding steroid dienone is 2. The second kappa shape index (κ2) is 5.72. The van der Waals surface area contributed by atoms with Crippen LogP contribution in [-0.4, -0.2) is 20.1 Å². The molecule has 2 aliphatic rings. The molecule has 0 aromatic heterocycles. The van der Waals surface area contributed by atoms with Crippen molar-refractivity contribution in [2.45, 2.75) is 13.0 Å². The highest BCUT2D eigenvalue weighted by molar-refractivity contribution is 5.87.